The van der Waals surface area contributed by atoms with Crippen molar-refractivity contribution in [3.8, 4) is 0 Å². The van der Waals surface area contributed by atoms with Gasteiger partial charge in [0, 0.05) is 31.5 Å². The number of amides is 1. The van der Waals surface area contributed by atoms with Crippen LogP contribution in [0, 0.1) is 0 Å². The molecule has 5 nitrogen and oxygen atoms in total. The highest BCUT2D eigenvalue weighted by atomic mass is 16.3. The van der Waals surface area contributed by atoms with Crippen LogP contribution in [-0.4, -0.2) is 42.2 Å². The minimum absolute atomic E-state index is 0.119. The zero-order valence-electron chi connectivity index (χ0n) is 10.6. The first-order chi connectivity index (χ1) is 8.76. The zero-order valence-corrected chi connectivity index (χ0v) is 10.6. The van der Waals surface area contributed by atoms with Crippen molar-refractivity contribution in [1.29, 1.82) is 0 Å². The van der Waals surface area contributed by atoms with Gasteiger partial charge in [-0.3, -0.25) is 9.78 Å². The summed E-state index contributed by atoms with van der Waals surface area (Å²) in [6.07, 6.45) is 5.18. The molecule has 18 heavy (non-hydrogen) atoms. The van der Waals surface area contributed by atoms with E-state index < -0.39 is 0 Å². The van der Waals surface area contributed by atoms with Gasteiger partial charge in [0.15, 0.2) is 0 Å². The molecule has 1 heterocycles. The van der Waals surface area contributed by atoms with Crippen LogP contribution in [0.15, 0.2) is 18.3 Å². The van der Waals surface area contributed by atoms with Gasteiger partial charge in [-0.1, -0.05) is 0 Å². The van der Waals surface area contributed by atoms with Crippen LogP contribution in [-0.2, 0) is 0 Å². The Morgan fingerprint density at radius 1 is 1.61 bits per heavy atom. The van der Waals surface area contributed by atoms with E-state index >= 15 is 0 Å². The SMILES string of the molecule is CNC(=O)c1cc(N(CCO)C2CCC2)ccn1. The van der Waals surface area contributed by atoms with Crippen LogP contribution in [0.4, 0.5) is 5.69 Å². The normalized spacial score (nSPS) is 15.0. The Morgan fingerprint density at radius 2 is 2.39 bits per heavy atom. The van der Waals surface area contributed by atoms with Crippen molar-refractivity contribution in [2.24, 2.45) is 0 Å². The van der Waals surface area contributed by atoms with Crippen LogP contribution in [0.5, 0.6) is 0 Å². The van der Waals surface area contributed by atoms with E-state index in [1.165, 1.54) is 6.42 Å². The number of carbonyl (C=O) groups is 1. The van der Waals surface area contributed by atoms with Crippen LogP contribution in [0.2, 0.25) is 0 Å². The number of aromatic nitrogens is 1. The lowest BCUT2D eigenvalue weighted by molar-refractivity contribution is 0.0958. The van der Waals surface area contributed by atoms with Crippen molar-refractivity contribution in [2.45, 2.75) is 25.3 Å². The number of pyridine rings is 1. The Morgan fingerprint density at radius 3 is 2.94 bits per heavy atom. The molecule has 0 atom stereocenters. The van der Waals surface area contributed by atoms with Crippen LogP contribution in [0.25, 0.3) is 0 Å². The summed E-state index contributed by atoms with van der Waals surface area (Å²) in [5.74, 6) is -0.186. The first-order valence-corrected chi connectivity index (χ1v) is 6.32. The topological polar surface area (TPSA) is 65.5 Å². The molecule has 1 aromatic heterocycles. The van der Waals surface area contributed by atoms with Gasteiger partial charge in [-0.15, -0.1) is 0 Å². The van der Waals surface area contributed by atoms with Crippen molar-refractivity contribution in [3.63, 3.8) is 0 Å². The number of carbonyl (C=O) groups excluding carboxylic acids is 1. The summed E-state index contributed by atoms with van der Waals surface area (Å²) >= 11 is 0. The van der Waals surface area contributed by atoms with E-state index in [2.05, 4.69) is 15.2 Å². The summed E-state index contributed by atoms with van der Waals surface area (Å²) < 4.78 is 0. The molecule has 1 fully saturated rings. The fourth-order valence-corrected chi connectivity index (χ4v) is 2.18. The first kappa shape index (κ1) is 12.8. The molecule has 1 aliphatic rings. The molecule has 98 valence electrons. The fraction of sp³-hybridized carbons (Fsp3) is 0.538. The number of anilines is 1. The summed E-state index contributed by atoms with van der Waals surface area (Å²) in [6.45, 7) is 0.718. The van der Waals surface area contributed by atoms with E-state index in [1.54, 1.807) is 19.3 Å². The molecule has 0 bridgehead atoms. The van der Waals surface area contributed by atoms with Crippen molar-refractivity contribution in [3.05, 3.63) is 24.0 Å². The van der Waals surface area contributed by atoms with E-state index in [-0.39, 0.29) is 12.5 Å². The lowest BCUT2D eigenvalue weighted by atomic mass is 9.91. The quantitative estimate of drug-likeness (QED) is 0.810. The largest absolute Gasteiger partial charge is 0.395 e. The van der Waals surface area contributed by atoms with Crippen LogP contribution in [0.1, 0.15) is 29.8 Å². The number of hydrogen-bond acceptors (Lipinski definition) is 4. The molecule has 1 saturated carbocycles. The summed E-state index contributed by atoms with van der Waals surface area (Å²) in [6, 6.07) is 4.16. The molecule has 0 saturated heterocycles. The number of aliphatic hydroxyl groups excluding tert-OH is 1. The Hall–Kier alpha value is -1.62. The monoisotopic (exact) mass is 249 g/mol. The number of nitrogens with one attached hydrogen (secondary N) is 1. The third-order valence-corrected chi connectivity index (χ3v) is 3.39. The standard InChI is InChI=1S/C13H19N3O2/c1-14-13(18)12-9-11(5-6-15-12)16(7-8-17)10-3-2-4-10/h5-6,9-10,17H,2-4,7-8H2,1H3,(H,14,18). The molecule has 1 aromatic rings. The van der Waals surface area contributed by atoms with Gasteiger partial charge >= 0.3 is 0 Å². The van der Waals surface area contributed by atoms with Crippen molar-refractivity contribution in [1.82, 2.24) is 10.3 Å². The average molecular weight is 249 g/mol. The summed E-state index contributed by atoms with van der Waals surface area (Å²) in [7, 11) is 1.59. The lowest BCUT2D eigenvalue weighted by Gasteiger charge is -2.39. The second-order valence-electron chi connectivity index (χ2n) is 4.48. The van der Waals surface area contributed by atoms with Gasteiger partial charge in [-0.25, -0.2) is 0 Å². The predicted octanol–water partition coefficient (Wildman–Crippen LogP) is 0.792. The van der Waals surface area contributed by atoms with Crippen molar-refractivity contribution in [2.75, 3.05) is 25.1 Å². The molecular weight excluding hydrogens is 230 g/mol. The van der Waals surface area contributed by atoms with Gasteiger partial charge in [0.1, 0.15) is 5.69 Å². The number of nitrogens with zero attached hydrogens (tertiary/aromatic N) is 2. The maximum Gasteiger partial charge on any atom is 0.269 e. The molecule has 1 amide bonds. The second-order valence-corrected chi connectivity index (χ2v) is 4.48. The lowest BCUT2D eigenvalue weighted by Crippen LogP contribution is -2.42. The fourth-order valence-electron chi connectivity index (χ4n) is 2.18. The average Bonchev–Trinajstić information content (AvgIpc) is 2.35. The minimum atomic E-state index is -0.186. The summed E-state index contributed by atoms with van der Waals surface area (Å²) in [5.41, 5.74) is 1.37. The van der Waals surface area contributed by atoms with Gasteiger partial charge < -0.3 is 15.3 Å². The Labute approximate surface area is 107 Å². The van der Waals surface area contributed by atoms with E-state index in [1.807, 2.05) is 6.07 Å². The van der Waals surface area contributed by atoms with Gasteiger partial charge in [0.2, 0.25) is 0 Å². The van der Waals surface area contributed by atoms with Gasteiger partial charge in [0.25, 0.3) is 5.91 Å². The molecule has 0 aliphatic heterocycles. The molecule has 0 spiro atoms. The third-order valence-electron chi connectivity index (χ3n) is 3.39. The highest BCUT2D eigenvalue weighted by Crippen LogP contribution is 2.29. The van der Waals surface area contributed by atoms with Crippen molar-refractivity contribution < 1.29 is 9.90 Å². The molecule has 2 N–H and O–H groups in total. The summed E-state index contributed by atoms with van der Waals surface area (Å²) in [5, 5.41) is 11.7. The Balaban J connectivity index is 2.21. The minimum Gasteiger partial charge on any atom is -0.395 e. The smallest absolute Gasteiger partial charge is 0.269 e. The van der Waals surface area contributed by atoms with Crippen LogP contribution >= 0.6 is 0 Å². The highest BCUT2D eigenvalue weighted by molar-refractivity contribution is 5.92. The highest BCUT2D eigenvalue weighted by Gasteiger charge is 2.25. The second kappa shape index (κ2) is 5.82. The Bertz CT molecular complexity index is 418. The maximum atomic E-state index is 11.6. The molecule has 0 unspecified atom stereocenters. The van der Waals surface area contributed by atoms with Crippen LogP contribution < -0.4 is 10.2 Å². The van der Waals surface area contributed by atoms with Gasteiger partial charge in [-0.2, -0.15) is 0 Å². The molecule has 5 heteroatoms. The van der Waals surface area contributed by atoms with Crippen molar-refractivity contribution >= 4 is 11.6 Å². The predicted molar refractivity (Wildman–Crippen MR) is 69.7 cm³/mol. The van der Waals surface area contributed by atoms with Crippen LogP contribution in [0.3, 0.4) is 0 Å². The Kier molecular flexibility index (Phi) is 4.15. The molecular formula is C13H19N3O2. The van der Waals surface area contributed by atoms with E-state index in [0.717, 1.165) is 18.5 Å². The maximum absolute atomic E-state index is 11.6. The number of hydrogen-bond donors (Lipinski definition) is 2. The molecule has 0 radical (unpaired) electrons. The molecule has 0 aromatic carbocycles. The number of rotatable bonds is 5. The van der Waals surface area contributed by atoms with E-state index in [4.69, 9.17) is 5.11 Å². The van der Waals surface area contributed by atoms with Gasteiger partial charge in [-0.05, 0) is 31.4 Å². The summed E-state index contributed by atoms with van der Waals surface area (Å²) in [4.78, 5) is 17.8. The zero-order chi connectivity index (χ0) is 13.0. The molecule has 1 aliphatic carbocycles. The third kappa shape index (κ3) is 2.61. The first-order valence-electron chi connectivity index (χ1n) is 6.32. The van der Waals surface area contributed by atoms with E-state index in [0.29, 0.717) is 18.3 Å². The van der Waals surface area contributed by atoms with E-state index in [9.17, 15) is 4.79 Å². The molecule has 2 rings (SSSR count). The van der Waals surface area contributed by atoms with Gasteiger partial charge in [0.05, 0.1) is 6.61 Å². The number of aliphatic hydroxyl groups is 1.